The largest absolute Gasteiger partial charge is 0.496 e. The Bertz CT molecular complexity index is 629. The molecule has 2 aromatic carbocycles. The Kier molecular flexibility index (Phi) is 3.84. The minimum Gasteiger partial charge on any atom is -0.496 e. The maximum absolute atomic E-state index is 5.57. The normalized spacial score (nSPS) is 17.2. The van der Waals surface area contributed by atoms with Gasteiger partial charge in [0.1, 0.15) is 11.5 Å². The molecule has 0 aliphatic carbocycles. The van der Waals surface area contributed by atoms with Gasteiger partial charge in [-0.1, -0.05) is 29.8 Å². The first kappa shape index (κ1) is 14.0. The molecule has 0 fully saturated rings. The topological polar surface area (TPSA) is 30.5 Å². The summed E-state index contributed by atoms with van der Waals surface area (Å²) in [6.07, 6.45) is 1.06. The molecular formula is C18H21NO2. The molecule has 1 aliphatic heterocycles. The Morgan fingerprint density at radius 2 is 1.76 bits per heavy atom. The van der Waals surface area contributed by atoms with Crippen molar-refractivity contribution in [2.45, 2.75) is 19.4 Å². The van der Waals surface area contributed by atoms with Crippen molar-refractivity contribution >= 4 is 0 Å². The minimum absolute atomic E-state index is 0.111. The molecule has 110 valence electrons. The average molecular weight is 283 g/mol. The molecule has 0 spiro atoms. The molecule has 1 heterocycles. The molecule has 0 saturated carbocycles. The van der Waals surface area contributed by atoms with Crippen LogP contribution in [0.2, 0.25) is 0 Å². The van der Waals surface area contributed by atoms with E-state index in [2.05, 4.69) is 30.4 Å². The Morgan fingerprint density at radius 1 is 1.05 bits per heavy atom. The fourth-order valence-corrected chi connectivity index (χ4v) is 3.09. The van der Waals surface area contributed by atoms with Crippen LogP contribution in [0.5, 0.6) is 11.5 Å². The summed E-state index contributed by atoms with van der Waals surface area (Å²) < 4.78 is 11.1. The second-order valence-corrected chi connectivity index (χ2v) is 5.42. The van der Waals surface area contributed by atoms with E-state index in [1.807, 2.05) is 18.2 Å². The van der Waals surface area contributed by atoms with Gasteiger partial charge in [-0.25, -0.2) is 0 Å². The van der Waals surface area contributed by atoms with Crippen molar-refractivity contribution in [3.63, 3.8) is 0 Å². The van der Waals surface area contributed by atoms with E-state index in [0.717, 1.165) is 30.0 Å². The molecule has 1 aliphatic rings. The van der Waals surface area contributed by atoms with Crippen LogP contribution < -0.4 is 14.8 Å². The number of hydrogen-bond donors (Lipinski definition) is 1. The van der Waals surface area contributed by atoms with Gasteiger partial charge in [-0.15, -0.1) is 0 Å². The van der Waals surface area contributed by atoms with Gasteiger partial charge in [-0.2, -0.15) is 0 Å². The first-order valence-corrected chi connectivity index (χ1v) is 7.28. The maximum Gasteiger partial charge on any atom is 0.127 e. The van der Waals surface area contributed by atoms with Crippen LogP contribution in [-0.4, -0.2) is 20.8 Å². The van der Waals surface area contributed by atoms with Gasteiger partial charge in [0.25, 0.3) is 0 Å². The summed E-state index contributed by atoms with van der Waals surface area (Å²) in [6, 6.07) is 12.7. The van der Waals surface area contributed by atoms with Crippen molar-refractivity contribution < 1.29 is 9.47 Å². The van der Waals surface area contributed by atoms with E-state index in [-0.39, 0.29) is 6.04 Å². The van der Waals surface area contributed by atoms with Gasteiger partial charge in [0.05, 0.1) is 25.8 Å². The average Bonchev–Trinajstić information content (AvgIpc) is 2.53. The molecule has 0 aromatic heterocycles. The van der Waals surface area contributed by atoms with Gasteiger partial charge in [0.2, 0.25) is 0 Å². The van der Waals surface area contributed by atoms with Gasteiger partial charge in [-0.05, 0) is 36.6 Å². The smallest absolute Gasteiger partial charge is 0.127 e. The highest BCUT2D eigenvalue weighted by Crippen LogP contribution is 2.39. The Labute approximate surface area is 125 Å². The van der Waals surface area contributed by atoms with Gasteiger partial charge >= 0.3 is 0 Å². The van der Waals surface area contributed by atoms with Crippen LogP contribution >= 0.6 is 0 Å². The highest BCUT2D eigenvalue weighted by molar-refractivity contribution is 5.53. The molecule has 1 N–H and O–H groups in total. The zero-order valence-electron chi connectivity index (χ0n) is 12.8. The zero-order valence-corrected chi connectivity index (χ0v) is 12.8. The first-order valence-electron chi connectivity index (χ1n) is 7.28. The molecular weight excluding hydrogens is 262 g/mol. The van der Waals surface area contributed by atoms with Gasteiger partial charge < -0.3 is 14.8 Å². The number of fused-ring (bicyclic) bond motifs is 1. The van der Waals surface area contributed by atoms with E-state index in [1.54, 1.807) is 14.2 Å². The monoisotopic (exact) mass is 283 g/mol. The number of nitrogens with one attached hydrogen (secondary N) is 1. The lowest BCUT2D eigenvalue weighted by Crippen LogP contribution is -2.31. The van der Waals surface area contributed by atoms with Crippen LogP contribution in [0, 0.1) is 6.92 Å². The third-order valence-corrected chi connectivity index (χ3v) is 4.11. The number of methoxy groups -OCH3 is 2. The Balaban J connectivity index is 2.17. The molecule has 3 rings (SSSR count). The lowest BCUT2D eigenvalue weighted by Gasteiger charge is -2.29. The SMILES string of the molecule is COc1cccc(OC)c1C1NCCc2ccc(C)cc21. The van der Waals surface area contributed by atoms with E-state index in [0.29, 0.717) is 0 Å². The number of rotatable bonds is 3. The van der Waals surface area contributed by atoms with Crippen molar-refractivity contribution in [1.82, 2.24) is 5.32 Å². The summed E-state index contributed by atoms with van der Waals surface area (Å²) in [4.78, 5) is 0. The number of benzene rings is 2. The van der Waals surface area contributed by atoms with Crippen LogP contribution in [0.15, 0.2) is 36.4 Å². The second kappa shape index (κ2) is 5.78. The fourth-order valence-electron chi connectivity index (χ4n) is 3.09. The summed E-state index contributed by atoms with van der Waals surface area (Å²) in [5.74, 6) is 1.72. The van der Waals surface area contributed by atoms with Crippen molar-refractivity contribution in [3.8, 4) is 11.5 Å². The van der Waals surface area contributed by atoms with Gasteiger partial charge in [0, 0.05) is 6.54 Å². The summed E-state index contributed by atoms with van der Waals surface area (Å²) in [5.41, 5.74) is 5.08. The third kappa shape index (κ3) is 2.49. The zero-order chi connectivity index (χ0) is 14.8. The Morgan fingerprint density at radius 3 is 2.43 bits per heavy atom. The summed E-state index contributed by atoms with van der Waals surface area (Å²) in [7, 11) is 3.41. The lowest BCUT2D eigenvalue weighted by atomic mass is 9.88. The molecule has 3 heteroatoms. The van der Waals surface area contributed by atoms with Crippen molar-refractivity contribution in [2.24, 2.45) is 0 Å². The van der Waals surface area contributed by atoms with Crippen LogP contribution in [0.3, 0.4) is 0 Å². The minimum atomic E-state index is 0.111. The van der Waals surface area contributed by atoms with E-state index >= 15 is 0 Å². The van der Waals surface area contributed by atoms with Crippen LogP contribution in [-0.2, 0) is 6.42 Å². The van der Waals surface area contributed by atoms with Gasteiger partial charge in [0.15, 0.2) is 0 Å². The summed E-state index contributed by atoms with van der Waals surface area (Å²) in [6.45, 7) is 3.09. The van der Waals surface area contributed by atoms with Crippen LogP contribution in [0.1, 0.15) is 28.3 Å². The molecule has 0 amide bonds. The van der Waals surface area contributed by atoms with E-state index in [1.165, 1.54) is 16.7 Å². The fraction of sp³-hybridized carbons (Fsp3) is 0.333. The molecule has 0 radical (unpaired) electrons. The second-order valence-electron chi connectivity index (χ2n) is 5.42. The van der Waals surface area contributed by atoms with Crippen molar-refractivity contribution in [1.29, 1.82) is 0 Å². The predicted octanol–water partition coefficient (Wildman–Crippen LogP) is 3.25. The van der Waals surface area contributed by atoms with Crippen molar-refractivity contribution in [3.05, 3.63) is 58.7 Å². The first-order chi connectivity index (χ1) is 10.2. The summed E-state index contributed by atoms with van der Waals surface area (Å²) in [5, 5.41) is 3.61. The van der Waals surface area contributed by atoms with Crippen LogP contribution in [0.25, 0.3) is 0 Å². The van der Waals surface area contributed by atoms with E-state index in [4.69, 9.17) is 9.47 Å². The standard InChI is InChI=1S/C18H21NO2/c1-12-7-8-13-9-10-19-18(14(13)11-12)17-15(20-2)5-4-6-16(17)21-3/h4-8,11,18-19H,9-10H2,1-3H3. The molecule has 1 unspecified atom stereocenters. The predicted molar refractivity (Wildman–Crippen MR) is 84.3 cm³/mol. The van der Waals surface area contributed by atoms with Crippen LogP contribution in [0.4, 0.5) is 0 Å². The summed E-state index contributed by atoms with van der Waals surface area (Å²) >= 11 is 0. The molecule has 1 atom stereocenters. The number of ether oxygens (including phenoxy) is 2. The molecule has 0 saturated heterocycles. The number of hydrogen-bond acceptors (Lipinski definition) is 3. The quantitative estimate of drug-likeness (QED) is 0.938. The molecule has 21 heavy (non-hydrogen) atoms. The Hall–Kier alpha value is -2.00. The highest BCUT2D eigenvalue weighted by atomic mass is 16.5. The third-order valence-electron chi connectivity index (χ3n) is 4.11. The number of aryl methyl sites for hydroxylation is 1. The molecule has 2 aromatic rings. The van der Waals surface area contributed by atoms with E-state index in [9.17, 15) is 0 Å². The van der Waals surface area contributed by atoms with E-state index < -0.39 is 0 Å². The molecule has 3 nitrogen and oxygen atoms in total. The van der Waals surface area contributed by atoms with Crippen molar-refractivity contribution in [2.75, 3.05) is 20.8 Å². The lowest BCUT2D eigenvalue weighted by molar-refractivity contribution is 0.375. The maximum atomic E-state index is 5.57. The highest BCUT2D eigenvalue weighted by Gasteiger charge is 2.26. The molecule has 0 bridgehead atoms. The van der Waals surface area contributed by atoms with Gasteiger partial charge in [-0.3, -0.25) is 0 Å².